The van der Waals surface area contributed by atoms with Crippen LogP contribution in [0, 0.1) is 0 Å². The van der Waals surface area contributed by atoms with Gasteiger partial charge in [0.2, 0.25) is 15.9 Å². The third kappa shape index (κ3) is 3.42. The normalized spacial score (nSPS) is 18.0. The Balaban J connectivity index is 2.18. The van der Waals surface area contributed by atoms with Gasteiger partial charge in [0.15, 0.2) is 0 Å². The van der Waals surface area contributed by atoms with Crippen molar-refractivity contribution in [3.05, 3.63) is 29.8 Å². The van der Waals surface area contributed by atoms with Gasteiger partial charge in [-0.25, -0.2) is 8.42 Å². The predicted molar refractivity (Wildman–Crippen MR) is 80.4 cm³/mol. The molecule has 0 aliphatic carbocycles. The molecule has 2 rings (SSSR count). The molecule has 1 saturated heterocycles. The topological polar surface area (TPSA) is 83.7 Å². The van der Waals surface area contributed by atoms with Gasteiger partial charge in [0.25, 0.3) is 0 Å². The molecule has 1 heterocycles. The maximum Gasteiger partial charge on any atom is 0.248 e. The number of amides is 1. The van der Waals surface area contributed by atoms with Gasteiger partial charge in [-0.2, -0.15) is 4.31 Å². The van der Waals surface area contributed by atoms with Gasteiger partial charge in [-0.05, 0) is 57.2 Å². The van der Waals surface area contributed by atoms with Crippen molar-refractivity contribution < 1.29 is 13.2 Å². The summed E-state index contributed by atoms with van der Waals surface area (Å²) in [4.78, 5) is 13.4. The molecule has 0 aromatic heterocycles. The highest BCUT2D eigenvalue weighted by Crippen LogP contribution is 2.22. The van der Waals surface area contributed by atoms with Crippen molar-refractivity contribution in [2.45, 2.75) is 23.8 Å². The Hall–Kier alpha value is -1.44. The molecular formula is C14H21N3O3S. The first-order chi connectivity index (χ1) is 9.82. The molecule has 1 aliphatic rings. The highest BCUT2D eigenvalue weighted by Gasteiger charge is 2.30. The molecule has 0 saturated carbocycles. The molecule has 1 aromatic carbocycles. The quantitative estimate of drug-likeness (QED) is 0.877. The molecule has 116 valence electrons. The van der Waals surface area contributed by atoms with Crippen molar-refractivity contribution >= 4 is 15.9 Å². The van der Waals surface area contributed by atoms with Crippen LogP contribution in [0.15, 0.2) is 29.2 Å². The van der Waals surface area contributed by atoms with E-state index in [9.17, 15) is 13.2 Å². The number of rotatable bonds is 4. The number of carbonyl (C=O) groups is 1. The standard InChI is InChI=1S/C14H21N3O3S/c1-16-9-7-12(8-10-16)17(2)21(19,20)13-5-3-11(4-6-13)14(15)18/h3-6,12H,7-10H2,1-2H3,(H2,15,18). The molecule has 0 spiro atoms. The molecule has 1 amide bonds. The SMILES string of the molecule is CN1CCC(N(C)S(=O)(=O)c2ccc(C(N)=O)cc2)CC1. The van der Waals surface area contributed by atoms with Crippen molar-refractivity contribution in [1.29, 1.82) is 0 Å². The van der Waals surface area contributed by atoms with Gasteiger partial charge >= 0.3 is 0 Å². The zero-order valence-electron chi connectivity index (χ0n) is 12.3. The van der Waals surface area contributed by atoms with Crippen LogP contribution < -0.4 is 5.73 Å². The molecule has 0 radical (unpaired) electrons. The number of hydrogen-bond donors (Lipinski definition) is 1. The van der Waals surface area contributed by atoms with Crippen molar-refractivity contribution in [1.82, 2.24) is 9.21 Å². The van der Waals surface area contributed by atoms with Gasteiger partial charge in [-0.15, -0.1) is 0 Å². The summed E-state index contributed by atoms with van der Waals surface area (Å²) in [5.41, 5.74) is 5.46. The Labute approximate surface area is 125 Å². The lowest BCUT2D eigenvalue weighted by molar-refractivity contribution is 0.1000. The van der Waals surface area contributed by atoms with Crippen LogP contribution in [0.4, 0.5) is 0 Å². The van der Waals surface area contributed by atoms with Crippen LogP contribution in [-0.4, -0.2) is 56.8 Å². The van der Waals surface area contributed by atoms with Crippen LogP contribution in [-0.2, 0) is 10.0 Å². The van der Waals surface area contributed by atoms with E-state index in [0.717, 1.165) is 25.9 Å². The minimum Gasteiger partial charge on any atom is -0.366 e. The fraction of sp³-hybridized carbons (Fsp3) is 0.500. The van der Waals surface area contributed by atoms with Crippen LogP contribution in [0.5, 0.6) is 0 Å². The summed E-state index contributed by atoms with van der Waals surface area (Å²) in [6, 6.07) is 5.76. The van der Waals surface area contributed by atoms with Crippen molar-refractivity contribution in [3.63, 3.8) is 0 Å². The highest BCUT2D eigenvalue weighted by atomic mass is 32.2. The van der Waals surface area contributed by atoms with E-state index in [4.69, 9.17) is 5.73 Å². The van der Waals surface area contributed by atoms with Gasteiger partial charge < -0.3 is 10.6 Å². The monoisotopic (exact) mass is 311 g/mol. The van der Waals surface area contributed by atoms with Gasteiger partial charge in [0, 0.05) is 18.7 Å². The maximum absolute atomic E-state index is 12.6. The molecule has 1 aromatic rings. The molecule has 0 bridgehead atoms. The number of carbonyl (C=O) groups excluding carboxylic acids is 1. The summed E-state index contributed by atoms with van der Waals surface area (Å²) in [5.74, 6) is -0.567. The summed E-state index contributed by atoms with van der Waals surface area (Å²) >= 11 is 0. The minimum absolute atomic E-state index is 0.0158. The average molecular weight is 311 g/mol. The molecule has 7 heteroatoms. The zero-order valence-corrected chi connectivity index (χ0v) is 13.1. The molecule has 6 nitrogen and oxygen atoms in total. The third-order valence-corrected chi connectivity index (χ3v) is 5.94. The Bertz CT molecular complexity index is 605. The van der Waals surface area contributed by atoms with E-state index in [1.54, 1.807) is 7.05 Å². The Kier molecular flexibility index (Phi) is 4.65. The predicted octanol–water partition coefficient (Wildman–Crippen LogP) is 0.500. The van der Waals surface area contributed by atoms with E-state index in [0.29, 0.717) is 5.56 Å². The van der Waals surface area contributed by atoms with Crippen LogP contribution in [0.1, 0.15) is 23.2 Å². The van der Waals surface area contributed by atoms with E-state index in [2.05, 4.69) is 4.90 Å². The number of sulfonamides is 1. The summed E-state index contributed by atoms with van der Waals surface area (Å²) in [7, 11) is 0.118. The van der Waals surface area contributed by atoms with Crippen molar-refractivity contribution in [3.8, 4) is 0 Å². The zero-order chi connectivity index (χ0) is 15.6. The average Bonchev–Trinajstić information content (AvgIpc) is 2.47. The first kappa shape index (κ1) is 15.9. The number of hydrogen-bond acceptors (Lipinski definition) is 4. The Morgan fingerprint density at radius 1 is 1.24 bits per heavy atom. The second-order valence-electron chi connectivity index (χ2n) is 5.44. The van der Waals surface area contributed by atoms with E-state index in [1.165, 1.54) is 28.6 Å². The van der Waals surface area contributed by atoms with Crippen LogP contribution >= 0.6 is 0 Å². The van der Waals surface area contributed by atoms with E-state index in [1.807, 2.05) is 7.05 Å². The van der Waals surface area contributed by atoms with E-state index < -0.39 is 15.9 Å². The number of primary amides is 1. The fourth-order valence-electron chi connectivity index (χ4n) is 2.51. The number of likely N-dealkylation sites (tertiary alicyclic amines) is 1. The summed E-state index contributed by atoms with van der Waals surface area (Å²) in [6.07, 6.45) is 1.65. The van der Waals surface area contributed by atoms with Crippen molar-refractivity contribution in [2.75, 3.05) is 27.2 Å². The van der Waals surface area contributed by atoms with Gasteiger partial charge in [0.1, 0.15) is 0 Å². The van der Waals surface area contributed by atoms with Crippen LogP contribution in [0.3, 0.4) is 0 Å². The van der Waals surface area contributed by atoms with Crippen LogP contribution in [0.2, 0.25) is 0 Å². The number of nitrogens with two attached hydrogens (primary N) is 1. The van der Waals surface area contributed by atoms with Gasteiger partial charge in [-0.1, -0.05) is 0 Å². The second-order valence-corrected chi connectivity index (χ2v) is 7.44. The fourth-order valence-corrected chi connectivity index (χ4v) is 3.93. The van der Waals surface area contributed by atoms with E-state index in [-0.39, 0.29) is 10.9 Å². The summed E-state index contributed by atoms with van der Waals surface area (Å²) < 4.78 is 26.6. The lowest BCUT2D eigenvalue weighted by atomic mass is 10.1. The lowest BCUT2D eigenvalue weighted by Crippen LogP contribution is -2.44. The van der Waals surface area contributed by atoms with Crippen LogP contribution in [0.25, 0.3) is 0 Å². The first-order valence-corrected chi connectivity index (χ1v) is 8.33. The molecule has 1 aliphatic heterocycles. The summed E-state index contributed by atoms with van der Waals surface area (Å²) in [5, 5.41) is 0. The lowest BCUT2D eigenvalue weighted by Gasteiger charge is -2.34. The number of benzene rings is 1. The Morgan fingerprint density at radius 2 is 1.76 bits per heavy atom. The number of nitrogens with zero attached hydrogens (tertiary/aromatic N) is 2. The molecule has 0 unspecified atom stereocenters. The minimum atomic E-state index is -3.54. The number of piperidine rings is 1. The maximum atomic E-state index is 12.6. The molecular weight excluding hydrogens is 290 g/mol. The molecule has 21 heavy (non-hydrogen) atoms. The largest absolute Gasteiger partial charge is 0.366 e. The molecule has 1 fully saturated rings. The highest BCUT2D eigenvalue weighted by molar-refractivity contribution is 7.89. The molecule has 0 atom stereocenters. The first-order valence-electron chi connectivity index (χ1n) is 6.89. The smallest absolute Gasteiger partial charge is 0.248 e. The second kappa shape index (κ2) is 6.13. The van der Waals surface area contributed by atoms with Gasteiger partial charge in [-0.3, -0.25) is 4.79 Å². The third-order valence-electron chi connectivity index (χ3n) is 4.02. The van der Waals surface area contributed by atoms with Crippen molar-refractivity contribution in [2.24, 2.45) is 5.73 Å². The Morgan fingerprint density at radius 3 is 2.24 bits per heavy atom. The van der Waals surface area contributed by atoms with E-state index >= 15 is 0 Å². The summed E-state index contributed by atoms with van der Waals surface area (Å²) in [6.45, 7) is 1.79. The van der Waals surface area contributed by atoms with Gasteiger partial charge in [0.05, 0.1) is 4.90 Å². The molecule has 2 N–H and O–H groups in total.